The summed E-state index contributed by atoms with van der Waals surface area (Å²) >= 11 is 1.69. The minimum Gasteiger partial charge on any atom is -0.497 e. The maximum Gasteiger partial charge on any atom is 0.153 e. The molecule has 35 heavy (non-hydrogen) atoms. The van der Waals surface area contributed by atoms with Gasteiger partial charge in [0.25, 0.3) is 0 Å². The van der Waals surface area contributed by atoms with Crippen LogP contribution < -0.4 is 18.9 Å². The maximum absolute atomic E-state index is 6.46. The smallest absolute Gasteiger partial charge is 0.153 e. The van der Waals surface area contributed by atoms with Gasteiger partial charge in [-0.1, -0.05) is 13.8 Å². The van der Waals surface area contributed by atoms with Crippen LogP contribution in [0.1, 0.15) is 20.3 Å². The molecule has 1 aromatic heterocycles. The summed E-state index contributed by atoms with van der Waals surface area (Å²) in [6, 6.07) is 22.0. The lowest BCUT2D eigenvalue weighted by Gasteiger charge is -2.17. The molecule has 0 aliphatic rings. The van der Waals surface area contributed by atoms with E-state index in [9.17, 15) is 0 Å². The lowest BCUT2D eigenvalue weighted by molar-refractivity contribution is 0.249. The Morgan fingerprint density at radius 1 is 0.743 bits per heavy atom. The summed E-state index contributed by atoms with van der Waals surface area (Å²) in [5, 5.41) is 1.05. The van der Waals surface area contributed by atoms with Crippen molar-refractivity contribution < 1.29 is 18.9 Å². The fraction of sp³-hybridized carbons (Fsp3) is 0.310. The molecule has 0 aliphatic heterocycles. The van der Waals surface area contributed by atoms with Crippen molar-refractivity contribution in [2.75, 3.05) is 40.5 Å². The normalized spacial score (nSPS) is 11.1. The van der Waals surface area contributed by atoms with E-state index < -0.39 is 0 Å². The molecule has 1 heterocycles. The van der Waals surface area contributed by atoms with E-state index in [0.717, 1.165) is 75.3 Å². The van der Waals surface area contributed by atoms with Gasteiger partial charge < -0.3 is 23.8 Å². The van der Waals surface area contributed by atoms with Crippen molar-refractivity contribution in [1.82, 2.24) is 4.90 Å². The zero-order valence-corrected chi connectivity index (χ0v) is 21.7. The molecule has 0 fully saturated rings. The van der Waals surface area contributed by atoms with E-state index in [-0.39, 0.29) is 0 Å². The molecule has 184 valence electrons. The summed E-state index contributed by atoms with van der Waals surface area (Å²) in [6.45, 7) is 8.29. The highest BCUT2D eigenvalue weighted by atomic mass is 32.1. The van der Waals surface area contributed by atoms with E-state index in [1.165, 1.54) is 0 Å². The zero-order chi connectivity index (χ0) is 24.6. The number of nitrogens with zero attached hydrogens (tertiary/aromatic N) is 1. The third-order valence-electron chi connectivity index (χ3n) is 6.03. The average molecular weight is 492 g/mol. The summed E-state index contributed by atoms with van der Waals surface area (Å²) < 4.78 is 24.3. The summed E-state index contributed by atoms with van der Waals surface area (Å²) in [5.41, 5.74) is 1.08. The van der Waals surface area contributed by atoms with Gasteiger partial charge in [0.15, 0.2) is 5.75 Å². The molecule has 0 radical (unpaired) electrons. The van der Waals surface area contributed by atoms with Crippen molar-refractivity contribution in [3.63, 3.8) is 0 Å². The third kappa shape index (κ3) is 6.08. The Balaban J connectivity index is 1.53. The molecular formula is C29H33NO4S. The number of thiophene rings is 1. The number of hydrogen-bond acceptors (Lipinski definition) is 6. The number of ether oxygens (including phenoxy) is 4. The lowest BCUT2D eigenvalue weighted by atomic mass is 10.1. The zero-order valence-electron chi connectivity index (χ0n) is 20.9. The molecule has 0 spiro atoms. The fourth-order valence-electron chi connectivity index (χ4n) is 3.95. The molecule has 0 amide bonds. The van der Waals surface area contributed by atoms with Crippen LogP contribution >= 0.6 is 11.3 Å². The highest BCUT2D eigenvalue weighted by Gasteiger charge is 2.17. The maximum atomic E-state index is 6.46. The van der Waals surface area contributed by atoms with Gasteiger partial charge in [-0.3, -0.25) is 0 Å². The number of fused-ring (bicyclic) bond motifs is 1. The number of benzene rings is 3. The minimum atomic E-state index is 0.704. The first-order chi connectivity index (χ1) is 17.1. The van der Waals surface area contributed by atoms with Crippen LogP contribution in [-0.4, -0.2) is 45.4 Å². The number of hydrogen-bond donors (Lipinski definition) is 0. The molecule has 0 saturated carbocycles. The van der Waals surface area contributed by atoms with Gasteiger partial charge in [-0.15, -0.1) is 11.3 Å². The summed E-state index contributed by atoms with van der Waals surface area (Å²) in [6.07, 6.45) is 1.01. The van der Waals surface area contributed by atoms with Gasteiger partial charge in [0.2, 0.25) is 0 Å². The van der Waals surface area contributed by atoms with Gasteiger partial charge >= 0.3 is 0 Å². The fourth-order valence-corrected chi connectivity index (χ4v) is 5.12. The first-order valence-corrected chi connectivity index (χ1v) is 12.8. The third-order valence-corrected chi connectivity index (χ3v) is 7.21. The molecule has 4 aromatic rings. The highest BCUT2D eigenvalue weighted by Crippen LogP contribution is 2.47. The Labute approximate surface area is 211 Å². The molecular weight excluding hydrogens is 458 g/mol. The highest BCUT2D eigenvalue weighted by molar-refractivity contribution is 7.22. The van der Waals surface area contributed by atoms with Crippen LogP contribution in [0.2, 0.25) is 0 Å². The largest absolute Gasteiger partial charge is 0.497 e. The molecule has 0 bridgehead atoms. The van der Waals surface area contributed by atoms with Gasteiger partial charge in [0.1, 0.15) is 23.0 Å². The van der Waals surface area contributed by atoms with Crippen molar-refractivity contribution in [3.8, 4) is 39.2 Å². The van der Waals surface area contributed by atoms with Crippen molar-refractivity contribution in [3.05, 3.63) is 66.7 Å². The summed E-state index contributed by atoms with van der Waals surface area (Å²) in [7, 11) is 3.36. The SMILES string of the molecule is CCN(CC)CCCOc1ccc(Oc2c(-c3ccc(OC)cc3)sc3cc(OC)ccc23)cc1. The van der Waals surface area contributed by atoms with E-state index in [2.05, 4.69) is 43.0 Å². The van der Waals surface area contributed by atoms with E-state index in [4.69, 9.17) is 18.9 Å². The second kappa shape index (κ2) is 12.0. The predicted octanol–water partition coefficient (Wildman–Crippen LogP) is 7.49. The van der Waals surface area contributed by atoms with Crippen LogP contribution in [-0.2, 0) is 0 Å². The molecule has 0 aliphatic carbocycles. The Morgan fingerprint density at radius 3 is 2.03 bits per heavy atom. The average Bonchev–Trinajstić information content (AvgIpc) is 3.27. The second-order valence-corrected chi connectivity index (χ2v) is 9.21. The molecule has 0 saturated heterocycles. The van der Waals surface area contributed by atoms with Crippen molar-refractivity contribution in [2.45, 2.75) is 20.3 Å². The van der Waals surface area contributed by atoms with E-state index >= 15 is 0 Å². The van der Waals surface area contributed by atoms with Crippen LogP contribution in [0, 0.1) is 0 Å². The Kier molecular flexibility index (Phi) is 8.50. The predicted molar refractivity (Wildman–Crippen MR) is 145 cm³/mol. The minimum absolute atomic E-state index is 0.704. The standard InChI is InChI=1S/C29H33NO4S/c1-5-30(6-2)18-7-19-33-23-12-14-24(15-13-23)34-28-26-17-16-25(32-4)20-27(26)35-29(28)21-8-10-22(31-3)11-9-21/h8-17,20H,5-7,18-19H2,1-4H3. The van der Waals surface area contributed by atoms with Crippen molar-refractivity contribution >= 4 is 21.4 Å². The molecule has 4 rings (SSSR count). The first-order valence-electron chi connectivity index (χ1n) is 12.0. The summed E-state index contributed by atoms with van der Waals surface area (Å²) in [5.74, 6) is 4.12. The Bertz CT molecular complexity index is 1210. The van der Waals surface area contributed by atoms with Gasteiger partial charge in [-0.2, -0.15) is 0 Å². The second-order valence-electron chi connectivity index (χ2n) is 8.15. The molecule has 0 N–H and O–H groups in total. The van der Waals surface area contributed by atoms with Gasteiger partial charge in [0.05, 0.1) is 25.7 Å². The van der Waals surface area contributed by atoms with E-state index in [1.807, 2.05) is 42.5 Å². The molecule has 6 heteroatoms. The van der Waals surface area contributed by atoms with Crippen LogP contribution in [0.15, 0.2) is 66.7 Å². The lowest BCUT2D eigenvalue weighted by Crippen LogP contribution is -2.25. The van der Waals surface area contributed by atoms with Gasteiger partial charge in [-0.25, -0.2) is 0 Å². The van der Waals surface area contributed by atoms with E-state index in [0.29, 0.717) is 6.61 Å². The van der Waals surface area contributed by atoms with Crippen LogP contribution in [0.25, 0.3) is 20.5 Å². The quantitative estimate of drug-likeness (QED) is 0.192. The Hall–Kier alpha value is -3.22. The summed E-state index contributed by atoms with van der Waals surface area (Å²) in [4.78, 5) is 3.47. The molecule has 0 unspecified atom stereocenters. The molecule has 0 atom stereocenters. The number of rotatable bonds is 12. The van der Waals surface area contributed by atoms with Crippen LogP contribution in [0.3, 0.4) is 0 Å². The van der Waals surface area contributed by atoms with Crippen LogP contribution in [0.5, 0.6) is 28.7 Å². The topological polar surface area (TPSA) is 40.2 Å². The molecule has 5 nitrogen and oxygen atoms in total. The monoisotopic (exact) mass is 491 g/mol. The number of methoxy groups -OCH3 is 2. The van der Waals surface area contributed by atoms with Crippen molar-refractivity contribution in [1.29, 1.82) is 0 Å². The van der Waals surface area contributed by atoms with Gasteiger partial charge in [-0.05, 0) is 91.8 Å². The van der Waals surface area contributed by atoms with Crippen molar-refractivity contribution in [2.24, 2.45) is 0 Å². The van der Waals surface area contributed by atoms with Gasteiger partial charge in [0, 0.05) is 16.6 Å². The van der Waals surface area contributed by atoms with E-state index in [1.54, 1.807) is 25.6 Å². The van der Waals surface area contributed by atoms with Crippen LogP contribution in [0.4, 0.5) is 0 Å². The Morgan fingerprint density at radius 2 is 1.37 bits per heavy atom. The molecule has 3 aromatic carbocycles. The first kappa shape index (κ1) is 24.9.